The van der Waals surface area contributed by atoms with Crippen molar-refractivity contribution in [2.45, 2.75) is 64.8 Å². The molecule has 5 heteroatoms. The minimum Gasteiger partial charge on any atom is -0.356 e. The summed E-state index contributed by atoms with van der Waals surface area (Å²) in [5.41, 5.74) is 0. The number of unbranched alkanes of at least 4 members (excludes halogenated alkanes) is 1. The van der Waals surface area contributed by atoms with E-state index in [1.54, 1.807) is 0 Å². The average molecular weight is 410 g/mol. The van der Waals surface area contributed by atoms with Gasteiger partial charge >= 0.3 is 0 Å². The molecule has 0 spiro atoms. The molecule has 2 N–H and O–H groups in total. The molecule has 0 saturated heterocycles. The number of nitrogens with one attached hydrogen (secondary N) is 2. The number of rotatable bonds is 8. The molecule has 1 aliphatic carbocycles. The molecule has 1 saturated carbocycles. The number of halogens is 1. The fraction of sp³-hybridized carbons (Fsp3) is 0.938. The van der Waals surface area contributed by atoms with Crippen LogP contribution in [0, 0.1) is 0 Å². The van der Waals surface area contributed by atoms with Gasteiger partial charge in [0, 0.05) is 19.6 Å². The van der Waals surface area contributed by atoms with Crippen molar-refractivity contribution in [1.29, 1.82) is 0 Å². The molecule has 0 bridgehead atoms. The molecule has 21 heavy (non-hydrogen) atoms. The van der Waals surface area contributed by atoms with Gasteiger partial charge < -0.3 is 15.5 Å². The number of guanidine groups is 1. The standard InChI is InChI=1S/C16H34N4.HI/c1-4-20(5-2)14-10-9-13-18-16(17-3)19-15-11-7-6-8-12-15;/h15H,4-14H2,1-3H3,(H2,17,18,19);1H. The number of aliphatic imine (C=N–C) groups is 1. The summed E-state index contributed by atoms with van der Waals surface area (Å²) in [7, 11) is 1.87. The van der Waals surface area contributed by atoms with Gasteiger partial charge in [0.2, 0.25) is 0 Å². The molecule has 4 nitrogen and oxygen atoms in total. The summed E-state index contributed by atoms with van der Waals surface area (Å²) < 4.78 is 0. The monoisotopic (exact) mass is 410 g/mol. The molecule has 0 aromatic heterocycles. The second-order valence-electron chi connectivity index (χ2n) is 5.71. The van der Waals surface area contributed by atoms with E-state index in [0.29, 0.717) is 6.04 Å². The van der Waals surface area contributed by atoms with Crippen LogP contribution in [0.25, 0.3) is 0 Å². The Labute approximate surface area is 148 Å². The van der Waals surface area contributed by atoms with Gasteiger partial charge in [0.25, 0.3) is 0 Å². The second-order valence-corrected chi connectivity index (χ2v) is 5.71. The van der Waals surface area contributed by atoms with Crippen LogP contribution in [0.15, 0.2) is 4.99 Å². The molecule has 0 unspecified atom stereocenters. The lowest BCUT2D eigenvalue weighted by atomic mass is 9.96. The van der Waals surface area contributed by atoms with Gasteiger partial charge in [-0.3, -0.25) is 4.99 Å². The van der Waals surface area contributed by atoms with Crippen LogP contribution < -0.4 is 10.6 Å². The van der Waals surface area contributed by atoms with Crippen LogP contribution in [0.1, 0.15) is 58.8 Å². The van der Waals surface area contributed by atoms with E-state index in [-0.39, 0.29) is 24.0 Å². The zero-order chi connectivity index (χ0) is 14.6. The van der Waals surface area contributed by atoms with Crippen molar-refractivity contribution in [3.8, 4) is 0 Å². The Morgan fingerprint density at radius 2 is 1.76 bits per heavy atom. The normalized spacial score (nSPS) is 16.7. The van der Waals surface area contributed by atoms with Gasteiger partial charge in [-0.05, 0) is 45.3 Å². The third-order valence-corrected chi connectivity index (χ3v) is 4.26. The van der Waals surface area contributed by atoms with E-state index in [1.807, 2.05) is 7.05 Å². The Hall–Kier alpha value is -0.0400. The third kappa shape index (κ3) is 9.55. The Kier molecular flexibility index (Phi) is 13.6. The number of hydrogen-bond donors (Lipinski definition) is 2. The minimum absolute atomic E-state index is 0. The quantitative estimate of drug-likeness (QED) is 0.279. The molecule has 0 radical (unpaired) electrons. The van der Waals surface area contributed by atoms with Gasteiger partial charge in [0.15, 0.2) is 5.96 Å². The molecular weight excluding hydrogens is 375 g/mol. The predicted molar refractivity (Wildman–Crippen MR) is 104 cm³/mol. The fourth-order valence-corrected chi connectivity index (χ4v) is 2.84. The maximum absolute atomic E-state index is 4.33. The third-order valence-electron chi connectivity index (χ3n) is 4.26. The first-order chi connectivity index (χ1) is 9.80. The van der Waals surface area contributed by atoms with Crippen LogP contribution in [-0.4, -0.2) is 50.1 Å². The Morgan fingerprint density at radius 1 is 1.10 bits per heavy atom. The Morgan fingerprint density at radius 3 is 2.33 bits per heavy atom. The molecule has 0 aromatic rings. The molecule has 1 aliphatic rings. The van der Waals surface area contributed by atoms with Crippen molar-refractivity contribution in [3.63, 3.8) is 0 Å². The van der Waals surface area contributed by atoms with Gasteiger partial charge in [-0.15, -0.1) is 24.0 Å². The predicted octanol–water partition coefficient (Wildman–Crippen LogP) is 3.22. The van der Waals surface area contributed by atoms with Crippen LogP contribution in [0.5, 0.6) is 0 Å². The first-order valence-electron chi connectivity index (χ1n) is 8.49. The first-order valence-corrected chi connectivity index (χ1v) is 8.49. The highest BCUT2D eigenvalue weighted by Gasteiger charge is 2.14. The van der Waals surface area contributed by atoms with Crippen molar-refractivity contribution in [2.75, 3.05) is 33.2 Å². The summed E-state index contributed by atoms with van der Waals surface area (Å²) in [6.07, 6.45) is 9.18. The van der Waals surface area contributed by atoms with E-state index in [1.165, 1.54) is 51.5 Å². The van der Waals surface area contributed by atoms with Crippen molar-refractivity contribution in [1.82, 2.24) is 15.5 Å². The smallest absolute Gasteiger partial charge is 0.191 e. The summed E-state index contributed by atoms with van der Waals surface area (Å²) in [4.78, 5) is 6.81. The first kappa shape index (κ1) is 21.0. The van der Waals surface area contributed by atoms with Crippen LogP contribution in [0.3, 0.4) is 0 Å². The zero-order valence-corrected chi connectivity index (χ0v) is 16.5. The molecule has 1 fully saturated rings. The Balaban J connectivity index is 0.00000400. The summed E-state index contributed by atoms with van der Waals surface area (Å²) in [5.74, 6) is 0.986. The summed E-state index contributed by atoms with van der Waals surface area (Å²) in [5, 5.41) is 7.00. The van der Waals surface area contributed by atoms with E-state index in [4.69, 9.17) is 0 Å². The van der Waals surface area contributed by atoms with Gasteiger partial charge in [-0.2, -0.15) is 0 Å². The fourth-order valence-electron chi connectivity index (χ4n) is 2.84. The van der Waals surface area contributed by atoms with Crippen molar-refractivity contribution in [2.24, 2.45) is 4.99 Å². The molecule has 0 amide bonds. The maximum atomic E-state index is 4.33. The molecule has 126 valence electrons. The maximum Gasteiger partial charge on any atom is 0.191 e. The van der Waals surface area contributed by atoms with E-state index < -0.39 is 0 Å². The molecular formula is C16H35IN4. The van der Waals surface area contributed by atoms with Crippen molar-refractivity contribution in [3.05, 3.63) is 0 Å². The lowest BCUT2D eigenvalue weighted by Gasteiger charge is -2.25. The van der Waals surface area contributed by atoms with Crippen LogP contribution in [0.4, 0.5) is 0 Å². The summed E-state index contributed by atoms with van der Waals surface area (Å²) in [6, 6.07) is 0.630. The topological polar surface area (TPSA) is 39.7 Å². The van der Waals surface area contributed by atoms with E-state index >= 15 is 0 Å². The Bertz CT molecular complexity index is 261. The average Bonchev–Trinajstić information content (AvgIpc) is 2.50. The highest BCUT2D eigenvalue weighted by Crippen LogP contribution is 2.17. The SMILES string of the molecule is CCN(CC)CCCCNC(=NC)NC1CCCCC1.I. The van der Waals surface area contributed by atoms with E-state index in [9.17, 15) is 0 Å². The van der Waals surface area contributed by atoms with Gasteiger partial charge in [-0.1, -0.05) is 33.1 Å². The largest absolute Gasteiger partial charge is 0.356 e. The summed E-state index contributed by atoms with van der Waals surface area (Å²) >= 11 is 0. The number of hydrogen-bond acceptors (Lipinski definition) is 2. The highest BCUT2D eigenvalue weighted by atomic mass is 127. The molecule has 0 atom stereocenters. The molecule has 0 aliphatic heterocycles. The zero-order valence-electron chi connectivity index (χ0n) is 14.2. The molecule has 1 rings (SSSR count). The van der Waals surface area contributed by atoms with Crippen molar-refractivity contribution < 1.29 is 0 Å². The lowest BCUT2D eigenvalue weighted by molar-refractivity contribution is 0.297. The highest BCUT2D eigenvalue weighted by molar-refractivity contribution is 14.0. The van der Waals surface area contributed by atoms with Gasteiger partial charge in [-0.25, -0.2) is 0 Å². The van der Waals surface area contributed by atoms with E-state index in [2.05, 4.69) is 34.4 Å². The molecule has 0 heterocycles. The van der Waals surface area contributed by atoms with Crippen LogP contribution in [-0.2, 0) is 0 Å². The van der Waals surface area contributed by atoms with Gasteiger partial charge in [0.1, 0.15) is 0 Å². The molecule has 0 aromatic carbocycles. The second kappa shape index (κ2) is 13.6. The van der Waals surface area contributed by atoms with Crippen molar-refractivity contribution >= 4 is 29.9 Å². The summed E-state index contributed by atoms with van der Waals surface area (Å²) in [6.45, 7) is 9.02. The van der Waals surface area contributed by atoms with E-state index in [0.717, 1.165) is 25.6 Å². The van der Waals surface area contributed by atoms with Gasteiger partial charge in [0.05, 0.1) is 0 Å². The number of nitrogens with zero attached hydrogens (tertiary/aromatic N) is 2. The lowest BCUT2D eigenvalue weighted by Crippen LogP contribution is -2.44. The minimum atomic E-state index is 0. The van der Waals surface area contributed by atoms with Crippen LogP contribution >= 0.6 is 24.0 Å². The van der Waals surface area contributed by atoms with Crippen LogP contribution in [0.2, 0.25) is 0 Å².